The molecule has 0 saturated carbocycles. The fourth-order valence-corrected chi connectivity index (χ4v) is 2.99. The third-order valence-electron chi connectivity index (χ3n) is 4.47. The van der Waals surface area contributed by atoms with Gasteiger partial charge in [-0.25, -0.2) is 9.78 Å². The normalized spacial score (nSPS) is 15.4. The molecule has 1 saturated heterocycles. The minimum absolute atomic E-state index is 0.123. The molecule has 3 amide bonds. The number of methoxy groups -OCH3 is 1. The second-order valence-corrected chi connectivity index (χ2v) is 6.62. The summed E-state index contributed by atoms with van der Waals surface area (Å²) in [6.07, 6.45) is 1.92. The second kappa shape index (κ2) is 10.3. The highest BCUT2D eigenvalue weighted by molar-refractivity contribution is 5.93. The van der Waals surface area contributed by atoms with Crippen LogP contribution in [-0.2, 0) is 30.3 Å². The third kappa shape index (κ3) is 5.96. The van der Waals surface area contributed by atoms with Gasteiger partial charge in [0, 0.05) is 32.5 Å². The van der Waals surface area contributed by atoms with Gasteiger partial charge in [-0.1, -0.05) is 0 Å². The first-order valence-corrected chi connectivity index (χ1v) is 9.27. The molecule has 162 valence electrons. The summed E-state index contributed by atoms with van der Waals surface area (Å²) in [6, 6.07) is -0.652. The highest BCUT2D eigenvalue weighted by Gasteiger charge is 2.34. The van der Waals surface area contributed by atoms with Gasteiger partial charge in [-0.15, -0.1) is 0 Å². The highest BCUT2D eigenvalue weighted by atomic mass is 16.5. The lowest BCUT2D eigenvalue weighted by molar-refractivity contribution is -0.150. The smallest absolute Gasteiger partial charge is 0.328 e. The Labute approximate surface area is 171 Å². The molecular formula is C18H23N5O7. The van der Waals surface area contributed by atoms with Crippen LogP contribution in [0.15, 0.2) is 15.8 Å². The van der Waals surface area contributed by atoms with Gasteiger partial charge < -0.3 is 25.3 Å². The van der Waals surface area contributed by atoms with Crippen LogP contribution >= 0.6 is 0 Å². The van der Waals surface area contributed by atoms with Crippen molar-refractivity contribution < 1.29 is 23.9 Å². The average Bonchev–Trinajstić information content (AvgIpc) is 3.16. The predicted octanol–water partition coefficient (Wildman–Crippen LogP) is -1.70. The molecule has 1 atom stereocenters. The Hall–Kier alpha value is -3.57. The number of aromatic amines is 1. The number of esters is 1. The Bertz CT molecular complexity index is 959. The van der Waals surface area contributed by atoms with Crippen molar-refractivity contribution in [3.05, 3.63) is 32.6 Å². The molecule has 2 heterocycles. The van der Waals surface area contributed by atoms with Crippen LogP contribution in [0.3, 0.4) is 0 Å². The van der Waals surface area contributed by atoms with Gasteiger partial charge in [0.05, 0.1) is 13.7 Å². The fourth-order valence-electron chi connectivity index (χ4n) is 2.99. The number of likely N-dealkylation sites (tertiary alicyclic amines) is 1. The van der Waals surface area contributed by atoms with Crippen molar-refractivity contribution in [1.29, 1.82) is 0 Å². The molecule has 1 aliphatic rings. The number of carbonyl (C=O) groups is 4. The lowest BCUT2D eigenvalue weighted by Crippen LogP contribution is -2.41. The zero-order valence-electron chi connectivity index (χ0n) is 16.6. The topological polar surface area (TPSA) is 168 Å². The van der Waals surface area contributed by atoms with Crippen molar-refractivity contribution in [3.8, 4) is 0 Å². The first kappa shape index (κ1) is 22.7. The standard InChI is InChI=1S/C18H23N5O7/c1-10(24)19-9-14(25)21-12-8-20-16(27)11(22-17(12)28)5-6-15(26)23-7-3-4-13(23)18(29)30-2/h8,13H,3-7,9H2,1-2H3,(H,19,24)(H,20,27)(H,21,22,25,28)/t13-/m0/s1. The molecule has 30 heavy (non-hydrogen) atoms. The molecule has 2 rings (SSSR count). The third-order valence-corrected chi connectivity index (χ3v) is 4.47. The van der Waals surface area contributed by atoms with Crippen LogP contribution in [0.4, 0.5) is 5.69 Å². The van der Waals surface area contributed by atoms with Gasteiger partial charge in [-0.05, 0) is 12.8 Å². The molecule has 0 spiro atoms. The Kier molecular flexibility index (Phi) is 7.78. The lowest BCUT2D eigenvalue weighted by atomic mass is 10.2. The molecule has 1 aromatic heterocycles. The molecule has 0 aliphatic carbocycles. The summed E-state index contributed by atoms with van der Waals surface area (Å²) in [5, 5.41) is 4.52. The second-order valence-electron chi connectivity index (χ2n) is 6.62. The maximum atomic E-state index is 12.5. The van der Waals surface area contributed by atoms with E-state index >= 15 is 0 Å². The molecule has 3 N–H and O–H groups in total. The van der Waals surface area contributed by atoms with E-state index in [4.69, 9.17) is 4.74 Å². The highest BCUT2D eigenvalue weighted by Crippen LogP contribution is 2.19. The summed E-state index contributed by atoms with van der Waals surface area (Å²) in [7, 11) is 1.25. The van der Waals surface area contributed by atoms with E-state index in [1.807, 2.05) is 0 Å². The van der Waals surface area contributed by atoms with Crippen LogP contribution in [0.2, 0.25) is 0 Å². The van der Waals surface area contributed by atoms with Crippen molar-refractivity contribution in [2.75, 3.05) is 25.5 Å². The van der Waals surface area contributed by atoms with Crippen LogP contribution in [0.25, 0.3) is 0 Å². The molecule has 1 aromatic rings. The number of anilines is 1. The number of amides is 3. The minimum Gasteiger partial charge on any atom is -0.467 e. The quantitative estimate of drug-likeness (QED) is 0.438. The van der Waals surface area contributed by atoms with Crippen molar-refractivity contribution >= 4 is 29.4 Å². The Morgan fingerprint density at radius 2 is 2.03 bits per heavy atom. The van der Waals surface area contributed by atoms with E-state index in [2.05, 4.69) is 20.6 Å². The fraction of sp³-hybridized carbons (Fsp3) is 0.500. The minimum atomic E-state index is -0.874. The average molecular weight is 421 g/mol. The van der Waals surface area contributed by atoms with Gasteiger partial charge in [0.2, 0.25) is 17.7 Å². The summed E-state index contributed by atoms with van der Waals surface area (Å²) in [4.78, 5) is 78.6. The molecular weight excluding hydrogens is 398 g/mol. The van der Waals surface area contributed by atoms with Crippen molar-refractivity contribution in [2.45, 2.75) is 38.6 Å². The number of H-pyrrole nitrogens is 1. The number of carbonyl (C=O) groups excluding carboxylic acids is 4. The number of ether oxygens (including phenoxy) is 1. The summed E-state index contributed by atoms with van der Waals surface area (Å²) >= 11 is 0. The van der Waals surface area contributed by atoms with Crippen molar-refractivity contribution in [1.82, 2.24) is 20.2 Å². The number of aromatic nitrogens is 2. The molecule has 1 aliphatic heterocycles. The molecule has 1 fully saturated rings. The largest absolute Gasteiger partial charge is 0.467 e. The maximum Gasteiger partial charge on any atom is 0.328 e. The van der Waals surface area contributed by atoms with E-state index in [1.54, 1.807) is 0 Å². The van der Waals surface area contributed by atoms with Crippen molar-refractivity contribution in [2.24, 2.45) is 0 Å². The first-order valence-electron chi connectivity index (χ1n) is 9.27. The van der Waals surface area contributed by atoms with Crippen LogP contribution in [0.5, 0.6) is 0 Å². The van der Waals surface area contributed by atoms with Crippen LogP contribution in [0, 0.1) is 0 Å². The summed E-state index contributed by atoms with van der Waals surface area (Å²) in [5.41, 5.74) is -2.01. The Morgan fingerprint density at radius 3 is 2.70 bits per heavy atom. The summed E-state index contributed by atoms with van der Waals surface area (Å²) in [5.74, 6) is -1.94. The number of hydrogen-bond donors (Lipinski definition) is 3. The van der Waals surface area contributed by atoms with Crippen LogP contribution < -0.4 is 21.8 Å². The number of rotatable bonds is 7. The Balaban J connectivity index is 2.08. The van der Waals surface area contributed by atoms with Gasteiger partial charge in [-0.2, -0.15) is 0 Å². The van der Waals surface area contributed by atoms with Crippen LogP contribution in [0.1, 0.15) is 31.9 Å². The van der Waals surface area contributed by atoms with E-state index in [0.717, 1.165) is 6.20 Å². The monoisotopic (exact) mass is 421 g/mol. The summed E-state index contributed by atoms with van der Waals surface area (Å²) < 4.78 is 4.70. The Morgan fingerprint density at radius 1 is 1.30 bits per heavy atom. The van der Waals surface area contributed by atoms with Gasteiger partial charge in [0.1, 0.15) is 17.4 Å². The van der Waals surface area contributed by atoms with Crippen LogP contribution in [-0.4, -0.2) is 64.8 Å². The number of aryl methyl sites for hydroxylation is 1. The number of nitrogens with one attached hydrogen (secondary N) is 3. The first-order chi connectivity index (χ1) is 14.2. The van der Waals surface area contributed by atoms with Gasteiger partial charge in [0.25, 0.3) is 11.1 Å². The van der Waals surface area contributed by atoms with Gasteiger partial charge in [-0.3, -0.25) is 24.0 Å². The summed E-state index contributed by atoms with van der Waals surface area (Å²) in [6.45, 7) is 1.29. The van der Waals surface area contributed by atoms with E-state index in [0.29, 0.717) is 19.4 Å². The van der Waals surface area contributed by atoms with E-state index in [-0.39, 0.29) is 36.7 Å². The molecule has 0 radical (unpaired) electrons. The molecule has 0 aromatic carbocycles. The van der Waals surface area contributed by atoms with E-state index in [1.165, 1.54) is 18.9 Å². The zero-order valence-corrected chi connectivity index (χ0v) is 16.6. The number of hydrogen-bond acceptors (Lipinski definition) is 8. The maximum absolute atomic E-state index is 12.5. The lowest BCUT2D eigenvalue weighted by Gasteiger charge is -2.22. The number of nitrogens with zero attached hydrogens (tertiary/aromatic N) is 2. The zero-order chi connectivity index (χ0) is 22.3. The van der Waals surface area contributed by atoms with Crippen molar-refractivity contribution in [3.63, 3.8) is 0 Å². The molecule has 0 bridgehead atoms. The van der Waals surface area contributed by atoms with Gasteiger partial charge in [0.15, 0.2) is 0 Å². The molecule has 12 heteroatoms. The predicted molar refractivity (Wildman–Crippen MR) is 104 cm³/mol. The molecule has 0 unspecified atom stereocenters. The van der Waals surface area contributed by atoms with Gasteiger partial charge >= 0.3 is 5.97 Å². The van der Waals surface area contributed by atoms with E-state index < -0.39 is 34.9 Å². The molecule has 12 nitrogen and oxygen atoms in total. The SMILES string of the molecule is COC(=O)[C@@H]1CCCN1C(=O)CCc1nc(=O)c(NC(=O)CNC(C)=O)c[nH]c1=O. The van der Waals surface area contributed by atoms with E-state index in [9.17, 15) is 28.8 Å².